The van der Waals surface area contributed by atoms with E-state index in [4.69, 9.17) is 4.74 Å². The van der Waals surface area contributed by atoms with Gasteiger partial charge in [0, 0.05) is 37.5 Å². The Labute approximate surface area is 227 Å². The summed E-state index contributed by atoms with van der Waals surface area (Å²) in [7, 11) is 1.96. The SMILES string of the molecule is CCCCN(C(=O)CN1C[C@H](c2ccc3c(c2)CCO3)[C@@H](C(=O)O)[C@@H]1CC(C)CCC)c1ccc[n+](C)c1. The maximum Gasteiger partial charge on any atom is 0.308 e. The van der Waals surface area contributed by atoms with Gasteiger partial charge in [0.1, 0.15) is 18.5 Å². The van der Waals surface area contributed by atoms with Gasteiger partial charge in [0.25, 0.3) is 0 Å². The minimum absolute atomic E-state index is 0.0323. The van der Waals surface area contributed by atoms with Crippen LogP contribution < -0.4 is 14.2 Å². The van der Waals surface area contributed by atoms with Crippen molar-refractivity contribution in [3.05, 3.63) is 53.9 Å². The Hall–Kier alpha value is -2.93. The topological polar surface area (TPSA) is 74.0 Å². The number of amides is 1. The number of ether oxygens (including phenoxy) is 1. The van der Waals surface area contributed by atoms with Gasteiger partial charge in [-0.1, -0.05) is 52.2 Å². The predicted molar refractivity (Wildman–Crippen MR) is 148 cm³/mol. The minimum Gasteiger partial charge on any atom is -0.493 e. The van der Waals surface area contributed by atoms with E-state index in [-0.39, 0.29) is 24.4 Å². The largest absolute Gasteiger partial charge is 0.493 e. The smallest absolute Gasteiger partial charge is 0.308 e. The summed E-state index contributed by atoms with van der Waals surface area (Å²) in [6.45, 7) is 8.62. The highest BCUT2D eigenvalue weighted by Gasteiger charge is 2.47. The van der Waals surface area contributed by atoms with Crippen LogP contribution >= 0.6 is 0 Å². The quantitative estimate of drug-likeness (QED) is 0.413. The number of carbonyl (C=O) groups excluding carboxylic acids is 1. The van der Waals surface area contributed by atoms with E-state index in [1.54, 1.807) is 0 Å². The van der Waals surface area contributed by atoms with Crippen LogP contribution in [0.2, 0.25) is 0 Å². The fraction of sp³-hybridized carbons (Fsp3) is 0.581. The molecule has 1 amide bonds. The summed E-state index contributed by atoms with van der Waals surface area (Å²) in [5, 5.41) is 10.5. The summed E-state index contributed by atoms with van der Waals surface area (Å²) < 4.78 is 7.65. The van der Waals surface area contributed by atoms with Crippen molar-refractivity contribution in [2.24, 2.45) is 18.9 Å². The molecule has 2 aliphatic heterocycles. The predicted octanol–water partition coefficient (Wildman–Crippen LogP) is 4.57. The van der Waals surface area contributed by atoms with Crippen molar-refractivity contribution in [2.45, 2.75) is 71.3 Å². The van der Waals surface area contributed by atoms with E-state index in [9.17, 15) is 14.7 Å². The summed E-state index contributed by atoms with van der Waals surface area (Å²) in [6.07, 6.45) is 9.59. The molecule has 0 radical (unpaired) electrons. The maximum absolute atomic E-state index is 13.9. The number of aromatic nitrogens is 1. The summed E-state index contributed by atoms with van der Waals surface area (Å²) >= 11 is 0. The molecule has 7 nitrogen and oxygen atoms in total. The number of aryl methyl sites for hydroxylation is 1. The Bertz CT molecular complexity index is 1120. The molecule has 1 aromatic carbocycles. The number of pyridine rings is 1. The summed E-state index contributed by atoms with van der Waals surface area (Å²) in [4.78, 5) is 30.7. The molecular weight excluding hydrogens is 478 g/mol. The number of benzene rings is 1. The number of likely N-dealkylation sites (tertiary alicyclic amines) is 1. The van der Waals surface area contributed by atoms with Crippen LogP contribution in [0.5, 0.6) is 5.75 Å². The molecule has 1 unspecified atom stereocenters. The second-order valence-corrected chi connectivity index (χ2v) is 11.2. The molecule has 2 aliphatic rings. The normalized spacial score (nSPS) is 21.6. The number of carboxylic acid groups (broad SMARTS) is 1. The van der Waals surface area contributed by atoms with Crippen LogP contribution in [0.1, 0.15) is 69.9 Å². The summed E-state index contributed by atoms with van der Waals surface area (Å²) in [5.41, 5.74) is 3.08. The third-order valence-electron chi connectivity index (χ3n) is 8.21. The van der Waals surface area contributed by atoms with Crippen LogP contribution in [0.15, 0.2) is 42.7 Å². The molecule has 206 valence electrons. The Morgan fingerprint density at radius 1 is 1.24 bits per heavy atom. The molecule has 1 N–H and O–H groups in total. The molecule has 3 heterocycles. The van der Waals surface area contributed by atoms with E-state index in [0.717, 1.165) is 61.1 Å². The molecule has 38 heavy (non-hydrogen) atoms. The molecule has 2 aromatic rings. The Balaban J connectivity index is 1.64. The Morgan fingerprint density at radius 3 is 2.76 bits per heavy atom. The van der Waals surface area contributed by atoms with Crippen LogP contribution in [0, 0.1) is 11.8 Å². The molecule has 0 spiro atoms. The molecular formula is C31H44N3O4+. The second-order valence-electron chi connectivity index (χ2n) is 11.2. The van der Waals surface area contributed by atoms with E-state index < -0.39 is 11.9 Å². The number of aliphatic carboxylic acids is 1. The zero-order chi connectivity index (χ0) is 27.2. The number of hydrogen-bond donors (Lipinski definition) is 1. The van der Waals surface area contributed by atoms with Gasteiger partial charge in [-0.3, -0.25) is 14.5 Å². The van der Waals surface area contributed by atoms with Gasteiger partial charge in [0.2, 0.25) is 5.91 Å². The lowest BCUT2D eigenvalue weighted by Gasteiger charge is -2.31. The molecule has 0 saturated carbocycles. The summed E-state index contributed by atoms with van der Waals surface area (Å²) in [5.74, 6) is -0.162. The zero-order valence-corrected chi connectivity index (χ0v) is 23.4. The first-order valence-corrected chi connectivity index (χ1v) is 14.3. The molecule has 0 aliphatic carbocycles. The third-order valence-corrected chi connectivity index (χ3v) is 8.21. The van der Waals surface area contributed by atoms with E-state index in [1.807, 2.05) is 53.2 Å². The standard InChI is InChI=1S/C31H43N3O4/c1-5-7-15-34(25-10-8-14-32(4)19-25)29(35)21-33-20-26(23-11-12-28-24(18-23)13-16-38-28)30(31(36)37)27(33)17-22(3)9-6-2/h8,10-12,14,18-19,22,26-27,30H,5-7,9,13,15-17,20-21H2,1-4H3/p+1/t22?,26-,27+,30-/m1/s1. The Morgan fingerprint density at radius 2 is 2.05 bits per heavy atom. The molecule has 7 heteroatoms. The van der Waals surface area contributed by atoms with Crippen molar-refractivity contribution in [1.82, 2.24) is 4.90 Å². The van der Waals surface area contributed by atoms with Crippen LogP contribution in [-0.2, 0) is 23.1 Å². The highest BCUT2D eigenvalue weighted by Crippen LogP contribution is 2.42. The second kappa shape index (κ2) is 12.7. The lowest BCUT2D eigenvalue weighted by atomic mass is 9.81. The minimum atomic E-state index is -0.770. The monoisotopic (exact) mass is 522 g/mol. The highest BCUT2D eigenvalue weighted by atomic mass is 16.5. The number of carbonyl (C=O) groups is 2. The first kappa shape index (κ1) is 28.1. The van der Waals surface area contributed by atoms with E-state index in [1.165, 1.54) is 0 Å². The van der Waals surface area contributed by atoms with Crippen molar-refractivity contribution in [3.8, 4) is 5.75 Å². The average Bonchev–Trinajstić information content (AvgIpc) is 3.49. The van der Waals surface area contributed by atoms with Gasteiger partial charge >= 0.3 is 5.97 Å². The van der Waals surface area contributed by atoms with Gasteiger partial charge in [0.05, 0.1) is 19.1 Å². The van der Waals surface area contributed by atoms with Crippen LogP contribution in [0.3, 0.4) is 0 Å². The zero-order valence-electron chi connectivity index (χ0n) is 23.4. The van der Waals surface area contributed by atoms with Gasteiger partial charge < -0.3 is 14.7 Å². The molecule has 0 bridgehead atoms. The van der Waals surface area contributed by atoms with Crippen molar-refractivity contribution < 1.29 is 24.0 Å². The number of carboxylic acids is 1. The van der Waals surface area contributed by atoms with E-state index in [2.05, 4.69) is 31.7 Å². The van der Waals surface area contributed by atoms with Crippen molar-refractivity contribution in [3.63, 3.8) is 0 Å². The lowest BCUT2D eigenvalue weighted by Crippen LogP contribution is -2.45. The number of hydrogen-bond acceptors (Lipinski definition) is 4. The van der Waals surface area contributed by atoms with Gasteiger partial charge in [-0.2, -0.15) is 0 Å². The number of unbranched alkanes of at least 4 members (excludes halogenated alkanes) is 1. The van der Waals surface area contributed by atoms with E-state index in [0.29, 0.717) is 25.6 Å². The first-order valence-electron chi connectivity index (χ1n) is 14.3. The van der Waals surface area contributed by atoms with Crippen molar-refractivity contribution in [2.75, 3.05) is 31.1 Å². The first-order chi connectivity index (χ1) is 18.3. The van der Waals surface area contributed by atoms with Crippen molar-refractivity contribution in [1.29, 1.82) is 0 Å². The number of rotatable bonds is 12. The van der Waals surface area contributed by atoms with Gasteiger partial charge in [-0.15, -0.1) is 0 Å². The fourth-order valence-corrected chi connectivity index (χ4v) is 6.29. The third kappa shape index (κ3) is 6.37. The average molecular weight is 523 g/mol. The molecule has 1 saturated heterocycles. The van der Waals surface area contributed by atoms with Crippen molar-refractivity contribution >= 4 is 17.6 Å². The fourth-order valence-electron chi connectivity index (χ4n) is 6.29. The Kier molecular flexibility index (Phi) is 9.42. The van der Waals surface area contributed by atoms with Gasteiger partial charge in [-0.05, 0) is 42.0 Å². The molecule has 4 rings (SSSR count). The maximum atomic E-state index is 13.9. The highest BCUT2D eigenvalue weighted by molar-refractivity contribution is 5.94. The van der Waals surface area contributed by atoms with Gasteiger partial charge in [-0.25, -0.2) is 4.57 Å². The lowest BCUT2D eigenvalue weighted by molar-refractivity contribution is -0.670. The van der Waals surface area contributed by atoms with Gasteiger partial charge in [0.15, 0.2) is 12.4 Å². The van der Waals surface area contributed by atoms with Crippen LogP contribution in [0.25, 0.3) is 0 Å². The molecule has 4 atom stereocenters. The number of nitrogens with zero attached hydrogens (tertiary/aromatic N) is 3. The number of fused-ring (bicyclic) bond motifs is 1. The van der Waals surface area contributed by atoms with Crippen LogP contribution in [-0.4, -0.2) is 54.2 Å². The molecule has 1 fully saturated rings. The number of anilines is 1. The van der Waals surface area contributed by atoms with Crippen LogP contribution in [0.4, 0.5) is 5.69 Å². The molecule has 1 aromatic heterocycles. The summed E-state index contributed by atoms with van der Waals surface area (Å²) in [6, 6.07) is 9.90. The van der Waals surface area contributed by atoms with E-state index >= 15 is 0 Å².